The van der Waals surface area contributed by atoms with Gasteiger partial charge in [0.1, 0.15) is 6.61 Å². The third-order valence-electron chi connectivity index (χ3n) is 4.11. The van der Waals surface area contributed by atoms with Crippen LogP contribution in [-0.4, -0.2) is 30.7 Å². The van der Waals surface area contributed by atoms with E-state index in [0.717, 1.165) is 12.8 Å². The largest absolute Gasteiger partial charge is 0.485 e. The molecule has 0 bridgehead atoms. The van der Waals surface area contributed by atoms with Crippen LogP contribution in [0.25, 0.3) is 0 Å². The molecule has 1 amide bonds. The molecule has 116 valence electrons. The lowest BCUT2D eigenvalue weighted by molar-refractivity contribution is -0.132. The summed E-state index contributed by atoms with van der Waals surface area (Å²) in [5.74, 6) is 1.62. The molecule has 1 heterocycles. The third kappa shape index (κ3) is 3.24. The summed E-state index contributed by atoms with van der Waals surface area (Å²) in [6, 6.07) is 7.37. The number of nitrogens with one attached hydrogen (secondary N) is 1. The minimum atomic E-state index is -0.616. The Morgan fingerprint density at radius 1 is 1.38 bits per heavy atom. The highest BCUT2D eigenvalue weighted by molar-refractivity contribution is 5.85. The van der Waals surface area contributed by atoms with Crippen LogP contribution in [0.4, 0.5) is 0 Å². The van der Waals surface area contributed by atoms with Crippen molar-refractivity contribution in [2.75, 3.05) is 13.2 Å². The highest BCUT2D eigenvalue weighted by Crippen LogP contribution is 2.39. The van der Waals surface area contributed by atoms with Gasteiger partial charge >= 0.3 is 0 Å². The van der Waals surface area contributed by atoms with Gasteiger partial charge in [0.25, 0.3) is 5.91 Å². The van der Waals surface area contributed by atoms with Crippen LogP contribution in [0.15, 0.2) is 24.3 Å². The summed E-state index contributed by atoms with van der Waals surface area (Å²) >= 11 is 0. The molecule has 2 aliphatic rings. The van der Waals surface area contributed by atoms with Gasteiger partial charge in [0.05, 0.1) is 5.54 Å². The number of carbonyl (C=O) groups excluding carboxylic acids is 1. The van der Waals surface area contributed by atoms with E-state index < -0.39 is 6.10 Å². The van der Waals surface area contributed by atoms with E-state index >= 15 is 0 Å². The lowest BCUT2D eigenvalue weighted by Gasteiger charge is -2.33. The number of benzene rings is 1. The summed E-state index contributed by atoms with van der Waals surface area (Å²) in [5.41, 5.74) is 5.48. The molecule has 1 aromatic carbocycles. The van der Waals surface area contributed by atoms with Crippen LogP contribution in [0, 0.1) is 5.92 Å². The number of hydrogen-bond donors (Lipinski definition) is 2. The fourth-order valence-corrected chi connectivity index (χ4v) is 2.55. The van der Waals surface area contributed by atoms with Crippen LogP contribution in [0.1, 0.15) is 19.8 Å². The van der Waals surface area contributed by atoms with Crippen LogP contribution in [-0.2, 0) is 4.79 Å². The summed E-state index contributed by atoms with van der Waals surface area (Å²) in [7, 11) is 0. The molecular weight excluding hydrogens is 292 g/mol. The van der Waals surface area contributed by atoms with Crippen LogP contribution in [0.2, 0.25) is 0 Å². The van der Waals surface area contributed by atoms with E-state index in [2.05, 4.69) is 5.32 Å². The Hall–Kier alpha value is -1.46. The Morgan fingerprint density at radius 3 is 2.67 bits per heavy atom. The molecule has 0 saturated heterocycles. The van der Waals surface area contributed by atoms with Crippen molar-refractivity contribution in [1.82, 2.24) is 5.32 Å². The molecule has 1 aliphatic carbocycles. The highest BCUT2D eigenvalue weighted by Gasteiger charge is 2.43. The maximum Gasteiger partial charge on any atom is 0.265 e. The van der Waals surface area contributed by atoms with Gasteiger partial charge in [0.2, 0.25) is 6.10 Å². The van der Waals surface area contributed by atoms with Gasteiger partial charge in [0.15, 0.2) is 11.5 Å². The molecule has 1 fully saturated rings. The average Bonchev–Trinajstić information content (AvgIpc) is 3.31. The Labute approximate surface area is 130 Å². The predicted molar refractivity (Wildman–Crippen MR) is 81.9 cm³/mol. The van der Waals surface area contributed by atoms with E-state index in [9.17, 15) is 4.79 Å². The molecule has 21 heavy (non-hydrogen) atoms. The predicted octanol–water partition coefficient (Wildman–Crippen LogP) is 1.49. The molecule has 0 spiro atoms. The number of nitrogens with two attached hydrogens (primary N) is 1. The second kappa shape index (κ2) is 6.12. The van der Waals surface area contributed by atoms with Crippen molar-refractivity contribution in [2.24, 2.45) is 11.7 Å². The minimum Gasteiger partial charge on any atom is -0.485 e. The molecule has 2 atom stereocenters. The zero-order chi connectivity index (χ0) is 14.2. The van der Waals surface area contributed by atoms with Gasteiger partial charge in [-0.25, -0.2) is 0 Å². The molecule has 1 aliphatic heterocycles. The van der Waals surface area contributed by atoms with Crippen LogP contribution >= 0.6 is 12.4 Å². The Bertz CT molecular complexity index is 521. The number of para-hydroxylation sites is 2. The first kappa shape index (κ1) is 15.9. The van der Waals surface area contributed by atoms with Gasteiger partial charge < -0.3 is 20.5 Å². The van der Waals surface area contributed by atoms with E-state index in [1.165, 1.54) is 0 Å². The van der Waals surface area contributed by atoms with Crippen LogP contribution < -0.4 is 20.5 Å². The van der Waals surface area contributed by atoms with E-state index in [1.807, 2.05) is 25.1 Å². The van der Waals surface area contributed by atoms with Crippen molar-refractivity contribution >= 4 is 18.3 Å². The van der Waals surface area contributed by atoms with E-state index in [-0.39, 0.29) is 30.5 Å². The Morgan fingerprint density at radius 2 is 2.05 bits per heavy atom. The van der Waals surface area contributed by atoms with Gasteiger partial charge in [-0.2, -0.15) is 0 Å². The van der Waals surface area contributed by atoms with Crippen molar-refractivity contribution < 1.29 is 14.3 Å². The van der Waals surface area contributed by atoms with Crippen molar-refractivity contribution in [1.29, 1.82) is 0 Å². The standard InChI is InChI=1S/C15H20N2O3.ClH/c1-15(9-16,10-6-7-10)17-14(18)13-8-19-11-4-2-3-5-12(11)20-13;/h2-5,10,13H,6-9,16H2,1H3,(H,17,18);1H. The maximum absolute atomic E-state index is 12.3. The first-order chi connectivity index (χ1) is 9.62. The average molecular weight is 313 g/mol. The second-order valence-electron chi connectivity index (χ2n) is 5.75. The Balaban J connectivity index is 0.00000161. The van der Waals surface area contributed by atoms with Gasteiger partial charge in [0, 0.05) is 6.54 Å². The lowest BCUT2D eigenvalue weighted by Crippen LogP contribution is -2.57. The minimum absolute atomic E-state index is 0. The lowest BCUT2D eigenvalue weighted by atomic mass is 9.95. The summed E-state index contributed by atoms with van der Waals surface area (Å²) in [6.07, 6.45) is 1.63. The van der Waals surface area contributed by atoms with E-state index in [4.69, 9.17) is 15.2 Å². The van der Waals surface area contributed by atoms with E-state index in [1.54, 1.807) is 6.07 Å². The highest BCUT2D eigenvalue weighted by atomic mass is 35.5. The van der Waals surface area contributed by atoms with E-state index in [0.29, 0.717) is 24.0 Å². The number of rotatable bonds is 4. The smallest absolute Gasteiger partial charge is 0.265 e. The molecule has 0 aromatic heterocycles. The summed E-state index contributed by atoms with van der Waals surface area (Å²) < 4.78 is 11.3. The van der Waals surface area contributed by atoms with Gasteiger partial charge in [-0.05, 0) is 37.8 Å². The zero-order valence-corrected chi connectivity index (χ0v) is 12.8. The van der Waals surface area contributed by atoms with Crippen molar-refractivity contribution in [3.63, 3.8) is 0 Å². The topological polar surface area (TPSA) is 73.6 Å². The maximum atomic E-state index is 12.3. The van der Waals surface area contributed by atoms with Crippen LogP contribution in [0.5, 0.6) is 11.5 Å². The number of hydrogen-bond acceptors (Lipinski definition) is 4. The summed E-state index contributed by atoms with van der Waals surface area (Å²) in [5, 5.41) is 3.04. The SMILES string of the molecule is CC(CN)(NC(=O)C1COc2ccccc2O1)C1CC1.Cl. The fraction of sp³-hybridized carbons (Fsp3) is 0.533. The number of fused-ring (bicyclic) bond motifs is 1. The molecule has 3 rings (SSSR count). The molecule has 1 saturated carbocycles. The van der Waals surface area contributed by atoms with Crippen molar-refractivity contribution in [3.05, 3.63) is 24.3 Å². The number of amides is 1. The van der Waals surface area contributed by atoms with Crippen LogP contribution in [0.3, 0.4) is 0 Å². The molecule has 0 radical (unpaired) electrons. The number of ether oxygens (including phenoxy) is 2. The fourth-order valence-electron chi connectivity index (χ4n) is 2.55. The molecular formula is C15H21ClN2O3. The molecule has 6 heteroatoms. The zero-order valence-electron chi connectivity index (χ0n) is 12.0. The van der Waals surface area contributed by atoms with Gasteiger partial charge in [-0.3, -0.25) is 4.79 Å². The molecule has 3 N–H and O–H groups in total. The van der Waals surface area contributed by atoms with Gasteiger partial charge in [-0.1, -0.05) is 12.1 Å². The molecule has 1 aromatic rings. The summed E-state index contributed by atoms with van der Waals surface area (Å²) in [6.45, 7) is 2.67. The monoisotopic (exact) mass is 312 g/mol. The van der Waals surface area contributed by atoms with Crippen molar-refractivity contribution in [3.8, 4) is 11.5 Å². The molecule has 5 nitrogen and oxygen atoms in total. The quantitative estimate of drug-likeness (QED) is 0.883. The number of halogens is 1. The first-order valence-corrected chi connectivity index (χ1v) is 7.03. The second-order valence-corrected chi connectivity index (χ2v) is 5.75. The van der Waals surface area contributed by atoms with Crippen molar-refractivity contribution in [2.45, 2.75) is 31.4 Å². The summed E-state index contributed by atoms with van der Waals surface area (Å²) in [4.78, 5) is 12.3. The first-order valence-electron chi connectivity index (χ1n) is 7.03. The normalized spacial score (nSPS) is 22.7. The molecule has 2 unspecified atom stereocenters. The Kier molecular flexibility index (Phi) is 4.64. The number of carbonyl (C=O) groups is 1. The third-order valence-corrected chi connectivity index (χ3v) is 4.11. The van der Waals surface area contributed by atoms with Gasteiger partial charge in [-0.15, -0.1) is 12.4 Å².